The Hall–Kier alpha value is -1.14. The zero-order valence-corrected chi connectivity index (χ0v) is 18.5. The summed E-state index contributed by atoms with van der Waals surface area (Å²) >= 11 is 0. The zero-order valence-electron chi connectivity index (χ0n) is 18.5. The number of piperazine rings is 1. The standard InChI is InChI=1S/C24H39N3O2/c1-18(2)29-24-7-5-4-6-22(24)23-16-26(13-12-25-23)20-8-10-21(11-9-20)27-14-15-28-17-19(27)3/h4-7,18-21,23,25H,8-17H2,1-3H3. The number of nitrogens with one attached hydrogen (secondary N) is 1. The Labute approximate surface area is 176 Å². The summed E-state index contributed by atoms with van der Waals surface area (Å²) in [5.74, 6) is 1.03. The Kier molecular flexibility index (Phi) is 7.12. The minimum atomic E-state index is 0.203. The Morgan fingerprint density at radius 1 is 1.07 bits per heavy atom. The number of morpholine rings is 1. The van der Waals surface area contributed by atoms with E-state index in [0.29, 0.717) is 12.1 Å². The first-order valence-electron chi connectivity index (χ1n) is 11.7. The number of hydrogen-bond acceptors (Lipinski definition) is 5. The molecule has 2 aliphatic heterocycles. The van der Waals surface area contributed by atoms with E-state index in [-0.39, 0.29) is 6.10 Å². The van der Waals surface area contributed by atoms with Gasteiger partial charge in [-0.2, -0.15) is 0 Å². The second-order valence-corrected chi connectivity index (χ2v) is 9.33. The van der Waals surface area contributed by atoms with Gasteiger partial charge in [0.25, 0.3) is 0 Å². The van der Waals surface area contributed by atoms with Crippen LogP contribution in [0.1, 0.15) is 58.1 Å². The van der Waals surface area contributed by atoms with Crippen molar-refractivity contribution >= 4 is 0 Å². The second-order valence-electron chi connectivity index (χ2n) is 9.33. The van der Waals surface area contributed by atoms with Crippen molar-refractivity contribution < 1.29 is 9.47 Å². The summed E-state index contributed by atoms with van der Waals surface area (Å²) in [4.78, 5) is 5.45. The lowest BCUT2D eigenvalue weighted by Crippen LogP contribution is -2.54. The Balaban J connectivity index is 1.35. The maximum Gasteiger partial charge on any atom is 0.124 e. The van der Waals surface area contributed by atoms with Gasteiger partial charge in [-0.1, -0.05) is 18.2 Å². The van der Waals surface area contributed by atoms with Gasteiger partial charge in [0.05, 0.1) is 19.3 Å². The molecule has 29 heavy (non-hydrogen) atoms. The maximum absolute atomic E-state index is 6.10. The van der Waals surface area contributed by atoms with Gasteiger partial charge in [0, 0.05) is 55.9 Å². The van der Waals surface area contributed by atoms with Crippen LogP contribution in [-0.2, 0) is 4.74 Å². The lowest BCUT2D eigenvalue weighted by atomic mass is 9.87. The summed E-state index contributed by atoms with van der Waals surface area (Å²) in [6, 6.07) is 11.0. The van der Waals surface area contributed by atoms with Crippen LogP contribution in [0.25, 0.3) is 0 Å². The second kappa shape index (κ2) is 9.78. The number of nitrogens with zero attached hydrogens (tertiary/aromatic N) is 2. The third-order valence-electron chi connectivity index (χ3n) is 6.93. The van der Waals surface area contributed by atoms with E-state index in [2.05, 4.69) is 60.2 Å². The van der Waals surface area contributed by atoms with Crippen molar-refractivity contribution in [3.05, 3.63) is 29.8 Å². The molecule has 0 aromatic heterocycles. The molecule has 3 fully saturated rings. The highest BCUT2D eigenvalue weighted by atomic mass is 16.5. The normalized spacial score (nSPS) is 32.4. The molecule has 2 atom stereocenters. The Bertz CT molecular complexity index is 645. The molecule has 2 unspecified atom stereocenters. The molecular weight excluding hydrogens is 362 g/mol. The van der Waals surface area contributed by atoms with Crippen molar-refractivity contribution in [3.8, 4) is 5.75 Å². The van der Waals surface area contributed by atoms with Gasteiger partial charge in [-0.3, -0.25) is 9.80 Å². The van der Waals surface area contributed by atoms with Gasteiger partial charge in [-0.05, 0) is 52.5 Å². The summed E-state index contributed by atoms with van der Waals surface area (Å²) in [7, 11) is 0. The van der Waals surface area contributed by atoms with Crippen molar-refractivity contribution in [2.24, 2.45) is 0 Å². The summed E-state index contributed by atoms with van der Waals surface area (Å²) in [6.45, 7) is 12.7. The Morgan fingerprint density at radius 3 is 2.59 bits per heavy atom. The average Bonchev–Trinajstić information content (AvgIpc) is 2.74. The van der Waals surface area contributed by atoms with E-state index in [1.165, 1.54) is 31.2 Å². The average molecular weight is 402 g/mol. The van der Waals surface area contributed by atoms with Gasteiger partial charge in [-0.25, -0.2) is 0 Å². The van der Waals surface area contributed by atoms with Crippen molar-refractivity contribution in [3.63, 3.8) is 0 Å². The first kappa shape index (κ1) is 21.1. The highest BCUT2D eigenvalue weighted by Gasteiger charge is 2.34. The molecule has 0 spiro atoms. The van der Waals surface area contributed by atoms with Crippen LogP contribution in [0.5, 0.6) is 5.75 Å². The highest BCUT2D eigenvalue weighted by Crippen LogP contribution is 2.32. The van der Waals surface area contributed by atoms with Crippen molar-refractivity contribution in [1.29, 1.82) is 0 Å². The molecule has 1 saturated carbocycles. The fourth-order valence-corrected chi connectivity index (χ4v) is 5.48. The molecule has 3 aliphatic rings. The van der Waals surface area contributed by atoms with E-state index in [4.69, 9.17) is 9.47 Å². The van der Waals surface area contributed by atoms with Crippen LogP contribution in [0.4, 0.5) is 0 Å². The third-order valence-corrected chi connectivity index (χ3v) is 6.93. The molecule has 162 valence electrons. The van der Waals surface area contributed by atoms with Crippen molar-refractivity contribution in [1.82, 2.24) is 15.1 Å². The SMILES string of the molecule is CC(C)Oc1ccccc1C1CN(C2CCC(N3CCOCC3C)CC2)CCN1. The quantitative estimate of drug-likeness (QED) is 0.818. The number of ether oxygens (including phenoxy) is 2. The first-order valence-corrected chi connectivity index (χ1v) is 11.7. The lowest BCUT2D eigenvalue weighted by Gasteiger charge is -2.46. The number of hydrogen-bond donors (Lipinski definition) is 1. The Morgan fingerprint density at radius 2 is 1.83 bits per heavy atom. The molecule has 2 saturated heterocycles. The van der Waals surface area contributed by atoms with Crippen LogP contribution in [0.3, 0.4) is 0 Å². The van der Waals surface area contributed by atoms with Crippen molar-refractivity contribution in [2.75, 3.05) is 39.4 Å². The largest absolute Gasteiger partial charge is 0.491 e. The van der Waals surface area contributed by atoms with Crippen LogP contribution in [0.2, 0.25) is 0 Å². The van der Waals surface area contributed by atoms with Crippen molar-refractivity contribution in [2.45, 2.75) is 76.7 Å². The molecule has 1 aliphatic carbocycles. The molecule has 5 nitrogen and oxygen atoms in total. The predicted octanol–water partition coefficient (Wildman–Crippen LogP) is 3.45. The fourth-order valence-electron chi connectivity index (χ4n) is 5.48. The minimum Gasteiger partial charge on any atom is -0.491 e. The third kappa shape index (κ3) is 5.13. The van der Waals surface area contributed by atoms with E-state index >= 15 is 0 Å². The molecule has 1 N–H and O–H groups in total. The summed E-state index contributed by atoms with van der Waals surface area (Å²) < 4.78 is 11.7. The smallest absolute Gasteiger partial charge is 0.124 e. The topological polar surface area (TPSA) is 37.0 Å². The number of benzene rings is 1. The van der Waals surface area contributed by atoms with E-state index in [1.807, 2.05) is 0 Å². The molecule has 0 bridgehead atoms. The fraction of sp³-hybridized carbons (Fsp3) is 0.750. The molecule has 5 heteroatoms. The molecular formula is C24H39N3O2. The zero-order chi connectivity index (χ0) is 20.2. The van der Waals surface area contributed by atoms with Gasteiger partial charge in [0.1, 0.15) is 5.75 Å². The lowest BCUT2D eigenvalue weighted by molar-refractivity contribution is -0.0355. The predicted molar refractivity (Wildman–Crippen MR) is 118 cm³/mol. The summed E-state index contributed by atoms with van der Waals surface area (Å²) in [5, 5.41) is 3.74. The van der Waals surface area contributed by atoms with E-state index < -0.39 is 0 Å². The first-order chi connectivity index (χ1) is 14.1. The van der Waals surface area contributed by atoms with Crippen LogP contribution in [-0.4, -0.2) is 73.4 Å². The minimum absolute atomic E-state index is 0.203. The van der Waals surface area contributed by atoms with Gasteiger partial charge < -0.3 is 14.8 Å². The monoisotopic (exact) mass is 401 g/mol. The van der Waals surface area contributed by atoms with E-state index in [0.717, 1.165) is 57.2 Å². The highest BCUT2D eigenvalue weighted by molar-refractivity contribution is 5.36. The molecule has 1 aromatic rings. The number of rotatable bonds is 5. The van der Waals surface area contributed by atoms with Crippen LogP contribution < -0.4 is 10.1 Å². The molecule has 4 rings (SSSR count). The van der Waals surface area contributed by atoms with Gasteiger partial charge in [0.2, 0.25) is 0 Å². The molecule has 0 amide bonds. The summed E-state index contributed by atoms with van der Waals surface area (Å²) in [5.41, 5.74) is 1.31. The van der Waals surface area contributed by atoms with Crippen LogP contribution in [0.15, 0.2) is 24.3 Å². The summed E-state index contributed by atoms with van der Waals surface area (Å²) in [6.07, 6.45) is 5.51. The van der Waals surface area contributed by atoms with Gasteiger partial charge in [0.15, 0.2) is 0 Å². The van der Waals surface area contributed by atoms with Crippen LogP contribution in [0, 0.1) is 0 Å². The van der Waals surface area contributed by atoms with Gasteiger partial charge >= 0.3 is 0 Å². The van der Waals surface area contributed by atoms with Crippen LogP contribution >= 0.6 is 0 Å². The molecule has 2 heterocycles. The molecule has 0 radical (unpaired) electrons. The van der Waals surface area contributed by atoms with E-state index in [1.54, 1.807) is 0 Å². The van der Waals surface area contributed by atoms with Gasteiger partial charge in [-0.15, -0.1) is 0 Å². The molecule has 1 aromatic carbocycles. The maximum atomic E-state index is 6.10. The van der Waals surface area contributed by atoms with E-state index in [9.17, 15) is 0 Å². The number of para-hydroxylation sites is 1.